The van der Waals surface area contributed by atoms with Crippen molar-refractivity contribution < 1.29 is 37.3 Å². The van der Waals surface area contributed by atoms with Crippen LogP contribution < -0.4 is 9.64 Å². The Kier molecular flexibility index (Phi) is 9.02. The largest absolute Gasteiger partial charge is 0.496 e. The first-order chi connectivity index (χ1) is 22.2. The highest BCUT2D eigenvalue weighted by Gasteiger charge is 2.48. The Bertz CT molecular complexity index is 1840. The zero-order valence-electron chi connectivity index (χ0n) is 26.5. The van der Waals surface area contributed by atoms with Gasteiger partial charge in [-0.15, -0.1) is 0 Å². The van der Waals surface area contributed by atoms with E-state index < -0.39 is 36.4 Å². The minimum absolute atomic E-state index is 0.144. The molecule has 0 bridgehead atoms. The van der Waals surface area contributed by atoms with Crippen LogP contribution in [0, 0.1) is 6.92 Å². The van der Waals surface area contributed by atoms with Crippen molar-refractivity contribution in [1.29, 1.82) is 0 Å². The second-order valence-corrected chi connectivity index (χ2v) is 11.6. The summed E-state index contributed by atoms with van der Waals surface area (Å²) in [4.78, 5) is 33.3. The summed E-state index contributed by atoms with van der Waals surface area (Å²) in [5.74, 6) is 0.209. The maximum atomic E-state index is 13.4. The van der Waals surface area contributed by atoms with Gasteiger partial charge in [0, 0.05) is 31.3 Å². The average molecular weight is 646 g/mol. The van der Waals surface area contributed by atoms with Crippen LogP contribution in [0.1, 0.15) is 34.6 Å². The molecule has 3 aromatic rings. The van der Waals surface area contributed by atoms with Gasteiger partial charge in [0.2, 0.25) is 0 Å². The molecule has 0 saturated carbocycles. The van der Waals surface area contributed by atoms with Crippen LogP contribution in [0.5, 0.6) is 5.75 Å². The number of fused-ring (bicyclic) bond motifs is 1. The second kappa shape index (κ2) is 12.8. The molecular formula is C36H34F3N3O5. The summed E-state index contributed by atoms with van der Waals surface area (Å²) < 4.78 is 49.5. The monoisotopic (exact) mass is 645 g/mol. The van der Waals surface area contributed by atoms with Gasteiger partial charge in [0.25, 0.3) is 0 Å². The average Bonchev–Trinajstić information content (AvgIpc) is 3.60. The molecule has 3 heterocycles. The summed E-state index contributed by atoms with van der Waals surface area (Å²) in [7, 11) is 5.28. The van der Waals surface area contributed by atoms with Gasteiger partial charge in [-0.05, 0) is 72.5 Å². The van der Waals surface area contributed by atoms with Gasteiger partial charge in [-0.25, -0.2) is 14.6 Å². The first kappa shape index (κ1) is 33.1. The highest BCUT2D eigenvalue weighted by molar-refractivity contribution is 5.89. The Hall–Kier alpha value is -5.32. The molecule has 1 aromatic heterocycles. The number of aromatic nitrogens is 1. The van der Waals surface area contributed by atoms with Crippen molar-refractivity contribution in [2.45, 2.75) is 38.2 Å². The molecule has 1 saturated heterocycles. The Morgan fingerprint density at radius 3 is 2.45 bits per heavy atom. The maximum Gasteiger partial charge on any atom is 0.411 e. The molecule has 5 rings (SSSR count). The van der Waals surface area contributed by atoms with Crippen LogP contribution in [0.25, 0.3) is 22.3 Å². The highest BCUT2D eigenvalue weighted by Crippen LogP contribution is 2.45. The van der Waals surface area contributed by atoms with Crippen molar-refractivity contribution in [3.05, 3.63) is 113 Å². The van der Waals surface area contributed by atoms with Gasteiger partial charge < -0.3 is 19.5 Å². The molecular weight excluding hydrogens is 611 g/mol. The fourth-order valence-corrected chi connectivity index (χ4v) is 5.85. The molecule has 47 heavy (non-hydrogen) atoms. The molecule has 8 nitrogen and oxygen atoms in total. The van der Waals surface area contributed by atoms with Crippen LogP contribution in [-0.4, -0.2) is 66.6 Å². The number of benzene rings is 2. The van der Waals surface area contributed by atoms with Crippen molar-refractivity contribution in [2.75, 3.05) is 26.1 Å². The minimum atomic E-state index is -4.45. The van der Waals surface area contributed by atoms with E-state index in [-0.39, 0.29) is 11.6 Å². The van der Waals surface area contributed by atoms with Crippen LogP contribution in [0.15, 0.2) is 96.6 Å². The number of halogens is 3. The third-order valence-electron chi connectivity index (χ3n) is 8.10. The van der Waals surface area contributed by atoms with Crippen molar-refractivity contribution in [3.63, 3.8) is 0 Å². The van der Waals surface area contributed by atoms with E-state index in [1.54, 1.807) is 30.2 Å². The lowest BCUT2D eigenvalue weighted by atomic mass is 9.93. The number of hydrogen-bond acceptors (Lipinski definition) is 6. The van der Waals surface area contributed by atoms with Crippen LogP contribution in [0.3, 0.4) is 0 Å². The number of allylic oxidation sites excluding steroid dienone is 3. The van der Waals surface area contributed by atoms with E-state index in [1.165, 1.54) is 13.0 Å². The molecule has 244 valence electrons. The first-order valence-electron chi connectivity index (χ1n) is 14.7. The third-order valence-corrected chi connectivity index (χ3v) is 8.10. The van der Waals surface area contributed by atoms with Gasteiger partial charge >= 0.3 is 18.2 Å². The smallest absolute Gasteiger partial charge is 0.411 e. The summed E-state index contributed by atoms with van der Waals surface area (Å²) in [5.41, 5.74) is 5.28. The maximum absolute atomic E-state index is 13.4. The van der Waals surface area contributed by atoms with Crippen LogP contribution >= 0.6 is 0 Å². The molecule has 3 atom stereocenters. The fraction of sp³-hybridized carbons (Fsp3) is 0.250. The SMILES string of the molecule is C=C(C=C(C)C=CC(F)(F)F)C1OC(=O)N2C(c3nc(N(C)C)ccc3-c3cc(-c4ccc(C(=O)O)cc4C)ccc3OC)C=CC12. The molecule has 2 aliphatic rings. The number of anilines is 1. The van der Waals surface area contributed by atoms with Crippen molar-refractivity contribution >= 4 is 17.9 Å². The second-order valence-electron chi connectivity index (χ2n) is 11.6. The first-order valence-corrected chi connectivity index (χ1v) is 14.7. The predicted molar refractivity (Wildman–Crippen MR) is 174 cm³/mol. The van der Waals surface area contributed by atoms with Crippen molar-refractivity contribution in [1.82, 2.24) is 9.88 Å². The van der Waals surface area contributed by atoms with Crippen LogP contribution in [0.4, 0.5) is 23.8 Å². The molecule has 2 aromatic carbocycles. The van der Waals surface area contributed by atoms with Crippen molar-refractivity contribution in [2.24, 2.45) is 0 Å². The summed E-state index contributed by atoms with van der Waals surface area (Å²) in [6.45, 7) is 7.36. The van der Waals surface area contributed by atoms with Gasteiger partial charge in [0.15, 0.2) is 6.10 Å². The number of carboxylic acids is 1. The lowest BCUT2D eigenvalue weighted by molar-refractivity contribution is -0.0798. The molecule has 3 unspecified atom stereocenters. The number of amides is 1. The number of carbonyl (C=O) groups excluding carboxylic acids is 1. The molecule has 0 radical (unpaired) electrons. The Morgan fingerprint density at radius 2 is 1.81 bits per heavy atom. The molecule has 1 N–H and O–H groups in total. The summed E-state index contributed by atoms with van der Waals surface area (Å²) in [5, 5.41) is 9.43. The van der Waals surface area contributed by atoms with Crippen LogP contribution in [0.2, 0.25) is 0 Å². The quantitative estimate of drug-likeness (QED) is 0.187. The molecule has 1 fully saturated rings. The molecule has 1 amide bonds. The number of cyclic esters (lactones) is 1. The van der Waals surface area contributed by atoms with Gasteiger partial charge in [0.1, 0.15) is 11.6 Å². The zero-order chi connectivity index (χ0) is 34.2. The molecule has 0 spiro atoms. The number of pyridine rings is 1. The fourth-order valence-electron chi connectivity index (χ4n) is 5.85. The number of methoxy groups -OCH3 is 1. The number of ether oxygens (including phenoxy) is 2. The van der Waals surface area contributed by atoms with E-state index in [4.69, 9.17) is 14.5 Å². The number of aromatic carboxylic acids is 1. The lowest BCUT2D eigenvalue weighted by Crippen LogP contribution is -2.34. The zero-order valence-corrected chi connectivity index (χ0v) is 26.5. The summed E-state index contributed by atoms with van der Waals surface area (Å²) in [6, 6.07) is 13.2. The normalized spacial score (nSPS) is 19.2. The number of carbonyl (C=O) groups is 2. The van der Waals surface area contributed by atoms with E-state index in [0.717, 1.165) is 22.8 Å². The number of hydrogen-bond donors (Lipinski definition) is 1. The van der Waals surface area contributed by atoms with Gasteiger partial charge in [-0.2, -0.15) is 13.2 Å². The Labute approximate surface area is 270 Å². The lowest BCUT2D eigenvalue weighted by Gasteiger charge is -2.26. The standard InChI is InChI=1S/C36H34F3N3O5/c1-20(15-16-36(37,38)39)17-22(3)33-29-12-11-28(42(29)35(45)47-33)32-26(10-14-31(40-32)41(4)5)27-19-23(8-13-30(27)46-6)25-9-7-24(34(43)44)18-21(25)2/h7-19,28-29,33H,3H2,1-2,4-6H3,(H,43,44). The third kappa shape index (κ3) is 6.79. The number of alkyl halides is 3. The van der Waals surface area contributed by atoms with E-state index >= 15 is 0 Å². The number of rotatable bonds is 9. The Morgan fingerprint density at radius 1 is 1.09 bits per heavy atom. The number of nitrogens with zero attached hydrogens (tertiary/aromatic N) is 3. The summed E-state index contributed by atoms with van der Waals surface area (Å²) >= 11 is 0. The number of carboxylic acid groups (broad SMARTS) is 1. The van der Waals surface area contributed by atoms with Crippen molar-refractivity contribution in [3.8, 4) is 28.0 Å². The minimum Gasteiger partial charge on any atom is -0.496 e. The van der Waals surface area contributed by atoms with E-state index in [2.05, 4.69) is 6.58 Å². The van der Waals surface area contributed by atoms with Gasteiger partial charge in [-0.3, -0.25) is 4.90 Å². The van der Waals surface area contributed by atoms with Gasteiger partial charge in [0.05, 0.1) is 30.5 Å². The van der Waals surface area contributed by atoms with E-state index in [9.17, 15) is 27.9 Å². The predicted octanol–water partition coefficient (Wildman–Crippen LogP) is 7.92. The van der Waals surface area contributed by atoms with E-state index in [0.29, 0.717) is 39.5 Å². The highest BCUT2D eigenvalue weighted by atomic mass is 19.4. The molecule has 2 aliphatic heterocycles. The number of aryl methyl sites for hydroxylation is 1. The molecule has 11 heteroatoms. The van der Waals surface area contributed by atoms with Gasteiger partial charge in [-0.1, -0.05) is 48.6 Å². The topological polar surface area (TPSA) is 92.2 Å². The molecule has 0 aliphatic carbocycles. The van der Waals surface area contributed by atoms with E-state index in [1.807, 2.05) is 68.4 Å². The van der Waals surface area contributed by atoms with Crippen LogP contribution in [-0.2, 0) is 4.74 Å². The summed E-state index contributed by atoms with van der Waals surface area (Å²) in [6.07, 6.45) is 0.384. The Balaban J connectivity index is 1.55.